The third-order valence-corrected chi connectivity index (χ3v) is 6.41. The second kappa shape index (κ2) is 9.08. The summed E-state index contributed by atoms with van der Waals surface area (Å²) in [5, 5.41) is 3.01. The number of anilines is 1. The number of rotatable bonds is 6. The van der Waals surface area contributed by atoms with Gasteiger partial charge in [-0.05, 0) is 43.3 Å². The Morgan fingerprint density at radius 2 is 1.97 bits per heavy atom. The van der Waals surface area contributed by atoms with E-state index in [0.29, 0.717) is 10.8 Å². The number of nitrogens with one attached hydrogen (secondary N) is 1. The summed E-state index contributed by atoms with van der Waals surface area (Å²) >= 11 is 5.89. The summed E-state index contributed by atoms with van der Waals surface area (Å²) in [6.45, 7) is 2.31. The number of halogens is 2. The number of benzene rings is 2. The standard InChI is InChI=1S/C19H20ClFN2O5S/c1-13(28-16-4-2-3-14(20)11-16)19(24)22-15-5-6-17(21)18(12-15)29(25,26)23-7-9-27-10-8-23/h2-6,11-13H,7-10H2,1H3,(H,22,24). The zero-order chi connectivity index (χ0) is 21.0. The lowest BCUT2D eigenvalue weighted by atomic mass is 10.3. The molecule has 0 aliphatic carbocycles. The molecule has 2 aromatic carbocycles. The Bertz CT molecular complexity index is 996. The molecular weight excluding hydrogens is 423 g/mol. The summed E-state index contributed by atoms with van der Waals surface area (Å²) in [5.41, 5.74) is 0.143. The first-order chi connectivity index (χ1) is 13.8. The van der Waals surface area contributed by atoms with E-state index < -0.39 is 32.7 Å². The van der Waals surface area contributed by atoms with Crippen LogP contribution in [0.25, 0.3) is 0 Å². The number of morpholine rings is 1. The van der Waals surface area contributed by atoms with Gasteiger partial charge >= 0.3 is 0 Å². The van der Waals surface area contributed by atoms with Crippen LogP contribution in [-0.2, 0) is 19.6 Å². The van der Waals surface area contributed by atoms with Gasteiger partial charge < -0.3 is 14.8 Å². The van der Waals surface area contributed by atoms with E-state index in [9.17, 15) is 17.6 Å². The van der Waals surface area contributed by atoms with Crippen LogP contribution < -0.4 is 10.1 Å². The molecule has 1 saturated heterocycles. The highest BCUT2D eigenvalue weighted by atomic mass is 35.5. The van der Waals surface area contributed by atoms with Gasteiger partial charge in [0.2, 0.25) is 10.0 Å². The van der Waals surface area contributed by atoms with Crippen LogP contribution in [0.15, 0.2) is 47.4 Å². The average molecular weight is 443 g/mol. The van der Waals surface area contributed by atoms with Crippen molar-refractivity contribution < 1.29 is 27.1 Å². The van der Waals surface area contributed by atoms with Crippen molar-refractivity contribution in [3.63, 3.8) is 0 Å². The van der Waals surface area contributed by atoms with E-state index >= 15 is 0 Å². The van der Waals surface area contributed by atoms with Gasteiger partial charge in [-0.1, -0.05) is 17.7 Å². The Morgan fingerprint density at radius 1 is 1.24 bits per heavy atom. The van der Waals surface area contributed by atoms with Crippen LogP contribution >= 0.6 is 11.6 Å². The van der Waals surface area contributed by atoms with Crippen LogP contribution in [0.4, 0.5) is 10.1 Å². The van der Waals surface area contributed by atoms with Gasteiger partial charge in [0, 0.05) is 23.8 Å². The van der Waals surface area contributed by atoms with Crippen molar-refractivity contribution in [2.24, 2.45) is 0 Å². The molecule has 7 nitrogen and oxygen atoms in total. The SMILES string of the molecule is CC(Oc1cccc(Cl)c1)C(=O)Nc1ccc(F)c(S(=O)(=O)N2CCOCC2)c1. The molecule has 1 N–H and O–H groups in total. The van der Waals surface area contributed by atoms with E-state index in [4.69, 9.17) is 21.1 Å². The molecule has 2 aromatic rings. The highest BCUT2D eigenvalue weighted by Gasteiger charge is 2.29. The van der Waals surface area contributed by atoms with Crippen LogP contribution in [-0.4, -0.2) is 51.0 Å². The smallest absolute Gasteiger partial charge is 0.265 e. The minimum absolute atomic E-state index is 0.142. The summed E-state index contributed by atoms with van der Waals surface area (Å²) in [7, 11) is -4.04. The maximum atomic E-state index is 14.3. The van der Waals surface area contributed by atoms with Crippen molar-refractivity contribution in [1.29, 1.82) is 0 Å². The number of carbonyl (C=O) groups excluding carboxylic acids is 1. The minimum Gasteiger partial charge on any atom is -0.481 e. The zero-order valence-corrected chi connectivity index (χ0v) is 17.2. The van der Waals surface area contributed by atoms with E-state index in [1.807, 2.05) is 0 Å². The summed E-state index contributed by atoms with van der Waals surface area (Å²) in [6.07, 6.45) is -0.891. The fourth-order valence-corrected chi connectivity index (χ4v) is 4.43. The third kappa shape index (κ3) is 5.24. The van der Waals surface area contributed by atoms with Crippen molar-refractivity contribution in [1.82, 2.24) is 4.31 Å². The monoisotopic (exact) mass is 442 g/mol. The van der Waals surface area contributed by atoms with Crippen LogP contribution in [0.5, 0.6) is 5.75 Å². The fraction of sp³-hybridized carbons (Fsp3) is 0.316. The van der Waals surface area contributed by atoms with E-state index in [1.54, 1.807) is 24.3 Å². The van der Waals surface area contributed by atoms with Gasteiger partial charge in [-0.2, -0.15) is 4.31 Å². The van der Waals surface area contributed by atoms with Crippen LogP contribution in [0.2, 0.25) is 5.02 Å². The van der Waals surface area contributed by atoms with Gasteiger partial charge in [-0.3, -0.25) is 4.79 Å². The first kappa shape index (κ1) is 21.5. The first-order valence-electron chi connectivity index (χ1n) is 8.88. The highest BCUT2D eigenvalue weighted by molar-refractivity contribution is 7.89. The van der Waals surface area contributed by atoms with E-state index in [2.05, 4.69) is 5.32 Å². The number of nitrogens with zero attached hydrogens (tertiary/aromatic N) is 1. The molecule has 0 radical (unpaired) electrons. The van der Waals surface area contributed by atoms with Crippen LogP contribution in [0.3, 0.4) is 0 Å². The Morgan fingerprint density at radius 3 is 2.66 bits per heavy atom. The molecule has 1 fully saturated rings. The van der Waals surface area contributed by atoms with Gasteiger partial charge in [0.1, 0.15) is 16.5 Å². The Hall–Kier alpha value is -2.20. The second-order valence-corrected chi connectivity index (χ2v) is 8.71. The molecule has 1 aliphatic heterocycles. The zero-order valence-electron chi connectivity index (χ0n) is 15.6. The molecular formula is C19H20ClFN2O5S. The lowest BCUT2D eigenvalue weighted by Crippen LogP contribution is -2.41. The van der Waals surface area contributed by atoms with E-state index in [0.717, 1.165) is 16.4 Å². The van der Waals surface area contributed by atoms with Crippen LogP contribution in [0.1, 0.15) is 6.92 Å². The number of amides is 1. The van der Waals surface area contributed by atoms with Gasteiger partial charge in [0.25, 0.3) is 5.91 Å². The van der Waals surface area contributed by atoms with Crippen molar-refractivity contribution >= 4 is 33.2 Å². The number of hydrogen-bond donors (Lipinski definition) is 1. The summed E-state index contributed by atoms with van der Waals surface area (Å²) in [6, 6.07) is 9.98. The molecule has 1 aliphatic rings. The topological polar surface area (TPSA) is 84.9 Å². The fourth-order valence-electron chi connectivity index (χ4n) is 2.75. The molecule has 1 unspecified atom stereocenters. The Balaban J connectivity index is 1.74. The molecule has 0 saturated carbocycles. The lowest BCUT2D eigenvalue weighted by molar-refractivity contribution is -0.122. The van der Waals surface area contributed by atoms with Crippen molar-refractivity contribution in [2.45, 2.75) is 17.9 Å². The number of hydrogen-bond acceptors (Lipinski definition) is 5. The van der Waals surface area contributed by atoms with Gasteiger partial charge in [-0.25, -0.2) is 12.8 Å². The lowest BCUT2D eigenvalue weighted by Gasteiger charge is -2.26. The molecule has 0 spiro atoms. The summed E-state index contributed by atoms with van der Waals surface area (Å²) < 4.78 is 51.6. The molecule has 1 heterocycles. The molecule has 1 amide bonds. The number of ether oxygens (including phenoxy) is 2. The van der Waals surface area contributed by atoms with Crippen molar-refractivity contribution in [3.8, 4) is 5.75 Å². The predicted molar refractivity (Wildman–Crippen MR) is 106 cm³/mol. The van der Waals surface area contributed by atoms with Crippen molar-refractivity contribution in [3.05, 3.63) is 53.3 Å². The normalized spacial score (nSPS) is 16.2. The van der Waals surface area contributed by atoms with Gasteiger partial charge in [-0.15, -0.1) is 0 Å². The molecule has 29 heavy (non-hydrogen) atoms. The second-order valence-electron chi connectivity index (χ2n) is 6.37. The maximum Gasteiger partial charge on any atom is 0.265 e. The summed E-state index contributed by atoms with van der Waals surface area (Å²) in [5.74, 6) is -1.00. The Labute approximate surface area is 173 Å². The molecule has 156 valence electrons. The van der Waals surface area contributed by atoms with Gasteiger partial charge in [0.05, 0.1) is 13.2 Å². The molecule has 1 atom stereocenters. The van der Waals surface area contributed by atoms with Gasteiger partial charge in [0.15, 0.2) is 6.10 Å². The van der Waals surface area contributed by atoms with Crippen LogP contribution in [0, 0.1) is 5.82 Å². The molecule has 0 aromatic heterocycles. The third-order valence-electron chi connectivity index (χ3n) is 4.26. The van der Waals surface area contributed by atoms with Crippen molar-refractivity contribution in [2.75, 3.05) is 31.6 Å². The number of sulfonamides is 1. The van der Waals surface area contributed by atoms with E-state index in [-0.39, 0.29) is 32.0 Å². The predicted octanol–water partition coefficient (Wildman–Crippen LogP) is 2.91. The average Bonchev–Trinajstić information content (AvgIpc) is 2.70. The number of carbonyl (C=O) groups is 1. The summed E-state index contributed by atoms with van der Waals surface area (Å²) in [4.78, 5) is 11.9. The minimum atomic E-state index is -4.04. The largest absolute Gasteiger partial charge is 0.481 e. The van der Waals surface area contributed by atoms with E-state index in [1.165, 1.54) is 13.0 Å². The molecule has 0 bridgehead atoms. The first-order valence-corrected chi connectivity index (χ1v) is 10.7. The quantitative estimate of drug-likeness (QED) is 0.743. The highest BCUT2D eigenvalue weighted by Crippen LogP contribution is 2.24. The molecule has 3 rings (SSSR count). The molecule has 10 heteroatoms. The Kier molecular flexibility index (Phi) is 6.74. The maximum absolute atomic E-state index is 14.3.